The minimum Gasteiger partial charge on any atom is -0.632 e. The van der Waals surface area contributed by atoms with Crippen molar-refractivity contribution in [2.75, 3.05) is 13.1 Å². The molecule has 4 nitrogen and oxygen atoms in total. The second-order valence-electron chi connectivity index (χ2n) is 3.50. The minimum atomic E-state index is -0.481. The normalized spacial score (nSPS) is 35.3. The van der Waals surface area contributed by atoms with Crippen LogP contribution in [0.4, 0.5) is 0 Å². The Kier molecular flexibility index (Phi) is 2.69. The zero-order valence-electron chi connectivity index (χ0n) is 7.45. The van der Waals surface area contributed by atoms with Crippen LogP contribution in [-0.4, -0.2) is 29.7 Å². The summed E-state index contributed by atoms with van der Waals surface area (Å²) in [4.78, 5) is 10.6. The van der Waals surface area contributed by atoms with Gasteiger partial charge in [-0.2, -0.15) is 0 Å². The molecule has 1 fully saturated rings. The van der Waals surface area contributed by atoms with E-state index in [0.717, 1.165) is 19.3 Å². The van der Waals surface area contributed by atoms with Crippen molar-refractivity contribution in [3.8, 4) is 0 Å². The first-order valence-corrected chi connectivity index (χ1v) is 4.44. The molecule has 1 saturated heterocycles. The Morgan fingerprint density at radius 2 is 2.42 bits per heavy atom. The van der Waals surface area contributed by atoms with Crippen molar-refractivity contribution in [1.29, 1.82) is 0 Å². The van der Waals surface area contributed by atoms with Crippen LogP contribution >= 0.6 is 0 Å². The summed E-state index contributed by atoms with van der Waals surface area (Å²) in [5, 5.41) is 11.9. The van der Waals surface area contributed by atoms with Crippen molar-refractivity contribution in [3.63, 3.8) is 0 Å². The Balaban J connectivity index is 2.61. The number of amides is 1. The smallest absolute Gasteiger partial charge is 0.273 e. The molecule has 0 aromatic rings. The number of primary amides is 1. The highest BCUT2D eigenvalue weighted by Crippen LogP contribution is 2.27. The molecule has 0 radical (unpaired) electrons. The van der Waals surface area contributed by atoms with E-state index in [1.807, 2.05) is 6.92 Å². The minimum absolute atomic E-state index is 0.0431. The van der Waals surface area contributed by atoms with E-state index >= 15 is 0 Å². The average molecular weight is 172 g/mol. The van der Waals surface area contributed by atoms with Crippen LogP contribution in [0.15, 0.2) is 0 Å². The van der Waals surface area contributed by atoms with Crippen molar-refractivity contribution in [2.45, 2.75) is 32.2 Å². The zero-order chi connectivity index (χ0) is 9.19. The molecule has 0 saturated carbocycles. The molecule has 1 amide bonds. The third-order valence-corrected chi connectivity index (χ3v) is 2.63. The molecule has 2 N–H and O–H groups in total. The largest absolute Gasteiger partial charge is 0.632 e. The number of likely N-dealkylation sites (tertiary alicyclic amines) is 1. The van der Waals surface area contributed by atoms with E-state index in [0.29, 0.717) is 6.54 Å². The Morgan fingerprint density at radius 1 is 1.75 bits per heavy atom. The van der Waals surface area contributed by atoms with Crippen LogP contribution in [0.1, 0.15) is 26.2 Å². The van der Waals surface area contributed by atoms with Crippen molar-refractivity contribution in [1.82, 2.24) is 0 Å². The Bertz CT molecular complexity index is 184. The highest BCUT2D eigenvalue weighted by Gasteiger charge is 2.34. The van der Waals surface area contributed by atoms with Gasteiger partial charge in [-0.25, -0.2) is 0 Å². The van der Waals surface area contributed by atoms with Gasteiger partial charge >= 0.3 is 0 Å². The highest BCUT2D eigenvalue weighted by molar-refractivity contribution is 5.75. The summed E-state index contributed by atoms with van der Waals surface area (Å²) < 4.78 is -0.383. The molecule has 0 aromatic heterocycles. The molecular formula is C8H16N2O2. The van der Waals surface area contributed by atoms with E-state index in [1.165, 1.54) is 0 Å². The number of carbonyl (C=O) groups is 1. The molecule has 0 aliphatic carbocycles. The van der Waals surface area contributed by atoms with Gasteiger partial charge in [-0.15, -0.1) is 0 Å². The lowest BCUT2D eigenvalue weighted by atomic mass is 10.1. The zero-order valence-corrected chi connectivity index (χ0v) is 7.45. The first-order valence-electron chi connectivity index (χ1n) is 4.44. The molecule has 70 valence electrons. The summed E-state index contributed by atoms with van der Waals surface area (Å²) in [5.41, 5.74) is 5.02. The number of hydroxylamine groups is 3. The van der Waals surface area contributed by atoms with Gasteiger partial charge in [0.05, 0.1) is 12.6 Å². The number of carbonyl (C=O) groups excluding carboxylic acids is 1. The van der Waals surface area contributed by atoms with Crippen molar-refractivity contribution in [3.05, 3.63) is 5.21 Å². The first-order chi connectivity index (χ1) is 5.58. The fourth-order valence-electron chi connectivity index (χ4n) is 2.02. The van der Waals surface area contributed by atoms with E-state index in [2.05, 4.69) is 0 Å². The summed E-state index contributed by atoms with van der Waals surface area (Å²) in [7, 11) is 0. The van der Waals surface area contributed by atoms with Crippen molar-refractivity contribution >= 4 is 5.91 Å². The maximum atomic E-state index is 11.9. The molecule has 1 rings (SSSR count). The van der Waals surface area contributed by atoms with Crippen LogP contribution in [0.3, 0.4) is 0 Å². The summed E-state index contributed by atoms with van der Waals surface area (Å²) >= 11 is 0. The van der Waals surface area contributed by atoms with Crippen LogP contribution in [-0.2, 0) is 4.79 Å². The van der Waals surface area contributed by atoms with Crippen LogP contribution < -0.4 is 5.73 Å². The third-order valence-electron chi connectivity index (χ3n) is 2.63. The summed E-state index contributed by atoms with van der Waals surface area (Å²) in [6.45, 7) is 2.50. The monoisotopic (exact) mass is 172 g/mol. The number of hydrogen-bond donors (Lipinski definition) is 1. The lowest BCUT2D eigenvalue weighted by molar-refractivity contribution is -0.884. The number of rotatable bonds is 3. The standard InChI is InChI=1S/C8H16N2O2/c1-2-7-4-3-5-10(7,12)6-8(9)11/h7H,2-6H2,1H3,(H2,9,11). The number of hydrogen-bond acceptors (Lipinski definition) is 2. The van der Waals surface area contributed by atoms with Gasteiger partial charge in [0.2, 0.25) is 0 Å². The quantitative estimate of drug-likeness (QED) is 0.493. The van der Waals surface area contributed by atoms with E-state index in [-0.39, 0.29) is 17.2 Å². The molecule has 1 heterocycles. The fraction of sp³-hybridized carbons (Fsp3) is 0.875. The predicted octanol–water partition coefficient (Wildman–Crippen LogP) is 0.359. The second-order valence-corrected chi connectivity index (χ2v) is 3.50. The van der Waals surface area contributed by atoms with Gasteiger partial charge in [0.25, 0.3) is 5.91 Å². The average Bonchev–Trinajstić information content (AvgIpc) is 2.28. The van der Waals surface area contributed by atoms with Gasteiger partial charge in [0.15, 0.2) is 6.54 Å². The van der Waals surface area contributed by atoms with Crippen LogP contribution in [0.25, 0.3) is 0 Å². The Morgan fingerprint density at radius 3 is 2.92 bits per heavy atom. The van der Waals surface area contributed by atoms with Crippen LogP contribution in [0.5, 0.6) is 0 Å². The third kappa shape index (κ3) is 1.76. The van der Waals surface area contributed by atoms with Gasteiger partial charge in [0, 0.05) is 12.8 Å². The Labute approximate surface area is 72.5 Å². The molecule has 1 aliphatic rings. The van der Waals surface area contributed by atoms with Crippen LogP contribution in [0.2, 0.25) is 0 Å². The van der Waals surface area contributed by atoms with Gasteiger partial charge in [0.1, 0.15) is 0 Å². The van der Waals surface area contributed by atoms with Crippen LogP contribution in [0, 0.1) is 5.21 Å². The van der Waals surface area contributed by atoms with Gasteiger partial charge in [-0.05, 0) is 6.42 Å². The van der Waals surface area contributed by atoms with Gasteiger partial charge in [-0.1, -0.05) is 6.92 Å². The molecular weight excluding hydrogens is 156 g/mol. The molecule has 4 heteroatoms. The lowest BCUT2D eigenvalue weighted by Gasteiger charge is -2.42. The molecule has 12 heavy (non-hydrogen) atoms. The first kappa shape index (κ1) is 9.48. The SMILES string of the molecule is CCC1CCC[N+]1([O-])CC(N)=O. The molecule has 0 spiro atoms. The van der Waals surface area contributed by atoms with E-state index in [4.69, 9.17) is 5.73 Å². The molecule has 0 aromatic carbocycles. The summed E-state index contributed by atoms with van der Waals surface area (Å²) in [6, 6.07) is 0.0949. The van der Waals surface area contributed by atoms with Crippen molar-refractivity contribution in [2.24, 2.45) is 5.73 Å². The molecule has 2 unspecified atom stereocenters. The topological polar surface area (TPSA) is 66.2 Å². The molecule has 2 atom stereocenters. The summed E-state index contributed by atoms with van der Waals surface area (Å²) in [5.74, 6) is -0.481. The van der Waals surface area contributed by atoms with E-state index in [1.54, 1.807) is 0 Å². The number of nitrogens with two attached hydrogens (primary N) is 1. The number of nitrogens with zero attached hydrogens (tertiary/aromatic N) is 1. The summed E-state index contributed by atoms with van der Waals surface area (Å²) in [6.07, 6.45) is 2.71. The second kappa shape index (κ2) is 3.41. The predicted molar refractivity (Wildman–Crippen MR) is 45.9 cm³/mol. The maximum Gasteiger partial charge on any atom is 0.273 e. The highest BCUT2D eigenvalue weighted by atomic mass is 16.5. The van der Waals surface area contributed by atoms with E-state index in [9.17, 15) is 10.0 Å². The Hall–Kier alpha value is -0.610. The molecule has 1 aliphatic heterocycles. The van der Waals surface area contributed by atoms with Gasteiger partial charge in [-0.3, -0.25) is 4.79 Å². The fourth-order valence-corrected chi connectivity index (χ4v) is 2.02. The molecule has 0 bridgehead atoms. The van der Waals surface area contributed by atoms with E-state index < -0.39 is 5.91 Å². The maximum absolute atomic E-state index is 11.9. The number of quaternary nitrogens is 1. The van der Waals surface area contributed by atoms with Crippen molar-refractivity contribution < 1.29 is 9.44 Å². The van der Waals surface area contributed by atoms with Gasteiger partial charge < -0.3 is 15.6 Å². The lowest BCUT2D eigenvalue weighted by Crippen LogP contribution is -2.50.